The molecule has 30 heavy (non-hydrogen) atoms. The van der Waals surface area contributed by atoms with Crippen LogP contribution in [-0.2, 0) is 9.53 Å². The van der Waals surface area contributed by atoms with E-state index in [-0.39, 0.29) is 12.0 Å². The predicted molar refractivity (Wildman–Crippen MR) is 115 cm³/mol. The van der Waals surface area contributed by atoms with Gasteiger partial charge in [-0.2, -0.15) is 10.1 Å². The van der Waals surface area contributed by atoms with E-state index in [0.29, 0.717) is 34.0 Å². The third kappa shape index (κ3) is 4.35. The summed E-state index contributed by atoms with van der Waals surface area (Å²) in [5.41, 5.74) is 2.85. The van der Waals surface area contributed by atoms with Gasteiger partial charge in [0.25, 0.3) is 5.91 Å². The van der Waals surface area contributed by atoms with Crippen LogP contribution in [0.2, 0.25) is 0 Å². The molecule has 1 aliphatic rings. The van der Waals surface area contributed by atoms with Gasteiger partial charge in [0.05, 0.1) is 42.9 Å². The van der Waals surface area contributed by atoms with Crippen molar-refractivity contribution in [3.8, 4) is 11.5 Å². The number of hydrogen-bond donors (Lipinski definition) is 0. The second kappa shape index (κ2) is 8.82. The zero-order chi connectivity index (χ0) is 21.8. The van der Waals surface area contributed by atoms with Gasteiger partial charge < -0.3 is 14.2 Å². The van der Waals surface area contributed by atoms with E-state index in [0.717, 1.165) is 5.56 Å². The molecule has 7 nitrogen and oxygen atoms in total. The summed E-state index contributed by atoms with van der Waals surface area (Å²) in [6.07, 6.45) is 1.56. The van der Waals surface area contributed by atoms with Gasteiger partial charge in [0, 0.05) is 0 Å². The number of ether oxygens (including phenoxy) is 3. The monoisotopic (exact) mass is 408 g/mol. The summed E-state index contributed by atoms with van der Waals surface area (Å²) in [5.74, 6) is 0.533. The molecule has 2 aromatic rings. The van der Waals surface area contributed by atoms with E-state index in [4.69, 9.17) is 14.2 Å². The Bertz CT molecular complexity index is 1020. The van der Waals surface area contributed by atoms with E-state index >= 15 is 0 Å². The van der Waals surface area contributed by atoms with Crippen LogP contribution in [0.1, 0.15) is 36.7 Å². The topological polar surface area (TPSA) is 77.4 Å². The highest BCUT2D eigenvalue weighted by atomic mass is 16.5. The Labute approximate surface area is 175 Å². The molecule has 1 amide bonds. The van der Waals surface area contributed by atoms with E-state index in [9.17, 15) is 9.59 Å². The molecule has 0 spiro atoms. The zero-order valence-corrected chi connectivity index (χ0v) is 17.6. The van der Waals surface area contributed by atoms with Gasteiger partial charge in [-0.1, -0.05) is 6.07 Å². The molecule has 0 bridgehead atoms. The summed E-state index contributed by atoms with van der Waals surface area (Å²) < 4.78 is 15.8. The maximum Gasteiger partial charge on any atom is 0.338 e. The van der Waals surface area contributed by atoms with Crippen LogP contribution in [0.25, 0.3) is 6.08 Å². The average molecular weight is 408 g/mol. The highest BCUT2D eigenvalue weighted by Crippen LogP contribution is 2.30. The van der Waals surface area contributed by atoms with Gasteiger partial charge in [-0.25, -0.2) is 4.79 Å². The first-order valence-electron chi connectivity index (χ1n) is 9.49. The molecule has 0 aliphatic carbocycles. The molecule has 0 saturated carbocycles. The number of carbonyl (C=O) groups is 2. The standard InChI is InChI=1S/C23H24N2O5/c1-14(2)30-23(27)17-7-9-18(10-8-17)25-22(26)19(15(3)24-25)12-16-6-11-20(28-4)21(13-16)29-5/h6-14H,1-5H3/b19-12-. The molecule has 1 aliphatic heterocycles. The number of carbonyl (C=O) groups excluding carboxylic acids is 2. The van der Waals surface area contributed by atoms with Gasteiger partial charge in [-0.05, 0) is 68.8 Å². The molecular weight excluding hydrogens is 384 g/mol. The van der Waals surface area contributed by atoms with Crippen LogP contribution < -0.4 is 14.5 Å². The van der Waals surface area contributed by atoms with Gasteiger partial charge in [-0.15, -0.1) is 0 Å². The van der Waals surface area contributed by atoms with E-state index in [2.05, 4.69) is 5.10 Å². The minimum Gasteiger partial charge on any atom is -0.493 e. The molecule has 0 fully saturated rings. The summed E-state index contributed by atoms with van der Waals surface area (Å²) >= 11 is 0. The van der Waals surface area contributed by atoms with Crippen LogP contribution in [0.4, 0.5) is 5.69 Å². The van der Waals surface area contributed by atoms with Crippen LogP contribution in [0.15, 0.2) is 53.1 Å². The number of esters is 1. The number of nitrogens with zero attached hydrogens (tertiary/aromatic N) is 2. The minimum atomic E-state index is -0.405. The normalized spacial score (nSPS) is 14.9. The maximum atomic E-state index is 13.0. The van der Waals surface area contributed by atoms with Crippen molar-refractivity contribution in [2.45, 2.75) is 26.9 Å². The number of rotatable bonds is 6. The van der Waals surface area contributed by atoms with Crippen molar-refractivity contribution >= 4 is 29.4 Å². The van der Waals surface area contributed by atoms with Crippen LogP contribution in [0, 0.1) is 0 Å². The quantitative estimate of drug-likeness (QED) is 0.532. The number of anilines is 1. The molecule has 0 radical (unpaired) electrons. The van der Waals surface area contributed by atoms with E-state index in [1.807, 2.05) is 6.07 Å². The first-order valence-corrected chi connectivity index (χ1v) is 9.49. The molecular formula is C23H24N2O5. The fourth-order valence-corrected chi connectivity index (χ4v) is 2.99. The second-order valence-corrected chi connectivity index (χ2v) is 6.98. The van der Waals surface area contributed by atoms with Crippen molar-refractivity contribution < 1.29 is 23.8 Å². The van der Waals surface area contributed by atoms with Gasteiger partial charge >= 0.3 is 5.97 Å². The first-order chi connectivity index (χ1) is 14.3. The fourth-order valence-electron chi connectivity index (χ4n) is 2.99. The van der Waals surface area contributed by atoms with Crippen molar-refractivity contribution in [1.29, 1.82) is 0 Å². The molecule has 0 aromatic heterocycles. The molecule has 0 N–H and O–H groups in total. The summed E-state index contributed by atoms with van der Waals surface area (Å²) in [6, 6.07) is 12.0. The Morgan fingerprint density at radius 1 is 1.03 bits per heavy atom. The number of hydrazone groups is 1. The molecule has 0 atom stereocenters. The van der Waals surface area contributed by atoms with Crippen molar-refractivity contribution in [3.63, 3.8) is 0 Å². The Balaban J connectivity index is 1.83. The Morgan fingerprint density at radius 2 is 1.70 bits per heavy atom. The third-order valence-corrected chi connectivity index (χ3v) is 4.47. The predicted octanol–water partition coefficient (Wildman–Crippen LogP) is 4.08. The molecule has 3 rings (SSSR count). The number of amides is 1. The third-order valence-electron chi connectivity index (χ3n) is 4.47. The Kier molecular flexibility index (Phi) is 6.20. The van der Waals surface area contributed by atoms with Crippen LogP contribution in [0.5, 0.6) is 11.5 Å². The lowest BCUT2D eigenvalue weighted by atomic mass is 10.1. The maximum absolute atomic E-state index is 13.0. The fraction of sp³-hybridized carbons (Fsp3) is 0.261. The lowest BCUT2D eigenvalue weighted by Crippen LogP contribution is -2.21. The summed E-state index contributed by atoms with van der Waals surface area (Å²) in [6.45, 7) is 5.36. The minimum absolute atomic E-state index is 0.200. The van der Waals surface area contributed by atoms with Crippen LogP contribution in [-0.4, -0.2) is 37.9 Å². The molecule has 0 unspecified atom stereocenters. The Hall–Kier alpha value is -3.61. The molecule has 0 saturated heterocycles. The van der Waals surface area contributed by atoms with E-state index < -0.39 is 5.97 Å². The Morgan fingerprint density at radius 3 is 2.30 bits per heavy atom. The lowest BCUT2D eigenvalue weighted by Gasteiger charge is -2.13. The summed E-state index contributed by atoms with van der Waals surface area (Å²) in [4.78, 5) is 25.0. The van der Waals surface area contributed by atoms with Crippen molar-refractivity contribution in [2.75, 3.05) is 19.2 Å². The van der Waals surface area contributed by atoms with Crippen molar-refractivity contribution in [1.82, 2.24) is 0 Å². The molecule has 1 heterocycles. The molecule has 156 valence electrons. The second-order valence-electron chi connectivity index (χ2n) is 6.98. The first kappa shape index (κ1) is 21.1. The van der Waals surface area contributed by atoms with Gasteiger partial charge in [0.1, 0.15) is 0 Å². The SMILES string of the molecule is COc1ccc(/C=C2\C(=O)N(c3ccc(C(=O)OC(C)C)cc3)N=C2C)cc1OC. The van der Waals surface area contributed by atoms with Crippen molar-refractivity contribution in [3.05, 3.63) is 59.2 Å². The largest absolute Gasteiger partial charge is 0.493 e. The van der Waals surface area contributed by atoms with Gasteiger partial charge in [-0.3, -0.25) is 4.79 Å². The molecule has 2 aromatic carbocycles. The van der Waals surface area contributed by atoms with E-state index in [1.54, 1.807) is 77.5 Å². The van der Waals surface area contributed by atoms with E-state index in [1.165, 1.54) is 5.01 Å². The highest BCUT2D eigenvalue weighted by molar-refractivity contribution is 6.32. The lowest BCUT2D eigenvalue weighted by molar-refractivity contribution is -0.114. The smallest absolute Gasteiger partial charge is 0.338 e. The summed E-state index contributed by atoms with van der Waals surface area (Å²) in [5, 5.41) is 5.70. The average Bonchev–Trinajstić information content (AvgIpc) is 3.01. The summed E-state index contributed by atoms with van der Waals surface area (Å²) in [7, 11) is 3.13. The number of benzene rings is 2. The number of methoxy groups -OCH3 is 2. The van der Waals surface area contributed by atoms with Crippen LogP contribution in [0.3, 0.4) is 0 Å². The zero-order valence-electron chi connectivity index (χ0n) is 17.6. The van der Waals surface area contributed by atoms with Gasteiger partial charge in [0.2, 0.25) is 0 Å². The highest BCUT2D eigenvalue weighted by Gasteiger charge is 2.29. The molecule has 7 heteroatoms. The van der Waals surface area contributed by atoms with Gasteiger partial charge in [0.15, 0.2) is 11.5 Å². The van der Waals surface area contributed by atoms with Crippen LogP contribution >= 0.6 is 0 Å². The van der Waals surface area contributed by atoms with Crippen molar-refractivity contribution in [2.24, 2.45) is 5.10 Å². The number of hydrogen-bond acceptors (Lipinski definition) is 6.